The van der Waals surface area contributed by atoms with Crippen LogP contribution in [0, 0.1) is 0 Å². The van der Waals surface area contributed by atoms with Gasteiger partial charge in [-0.2, -0.15) is 4.99 Å². The topological polar surface area (TPSA) is 158 Å². The summed E-state index contributed by atoms with van der Waals surface area (Å²) in [5, 5.41) is 41.6. The van der Waals surface area contributed by atoms with Crippen LogP contribution in [0.15, 0.2) is 11.3 Å². The summed E-state index contributed by atoms with van der Waals surface area (Å²) in [5.74, 6) is 0.200. The zero-order valence-corrected chi connectivity index (χ0v) is 15.2. The Morgan fingerprint density at radius 3 is 2.76 bits per heavy atom. The van der Waals surface area contributed by atoms with Gasteiger partial charge in [-0.15, -0.1) is 0 Å². The van der Waals surface area contributed by atoms with Gasteiger partial charge in [0.05, 0.1) is 12.9 Å². The van der Waals surface area contributed by atoms with E-state index in [0.29, 0.717) is 0 Å². The maximum Gasteiger partial charge on any atom is 0.245 e. The van der Waals surface area contributed by atoms with Crippen LogP contribution in [0.3, 0.4) is 0 Å². The molecule has 1 fully saturated rings. The summed E-state index contributed by atoms with van der Waals surface area (Å²) in [6.45, 7) is 3.53. The molecule has 0 bridgehead atoms. The number of ether oxygens (including phenoxy) is 1. The van der Waals surface area contributed by atoms with E-state index in [0.717, 1.165) is 10.8 Å². The Morgan fingerprint density at radius 1 is 1.44 bits per heavy atom. The molecule has 0 spiro atoms. The maximum absolute atomic E-state index is 10.9. The van der Waals surface area contributed by atoms with Crippen molar-refractivity contribution in [1.82, 2.24) is 14.9 Å². The number of imidazole rings is 1. The van der Waals surface area contributed by atoms with Crippen molar-refractivity contribution in [3.05, 3.63) is 12.0 Å². The van der Waals surface area contributed by atoms with Crippen molar-refractivity contribution in [2.45, 2.75) is 48.7 Å². The highest BCUT2D eigenvalue weighted by atomic mass is 33.1. The molecule has 7 N–H and O–H groups in total. The molecule has 0 amide bonds. The minimum Gasteiger partial charge on any atom is -0.394 e. The Kier molecular flexibility index (Phi) is 5.21. The zero-order chi connectivity index (χ0) is 18.4. The van der Waals surface area contributed by atoms with Crippen molar-refractivity contribution in [3.63, 3.8) is 0 Å². The van der Waals surface area contributed by atoms with Gasteiger partial charge < -0.3 is 36.2 Å². The number of nitrogens with two attached hydrogens (primary N) is 1. The molecule has 3 heterocycles. The molecule has 140 valence electrons. The Bertz CT molecular complexity index is 671. The molecule has 2 aliphatic heterocycles. The summed E-state index contributed by atoms with van der Waals surface area (Å²) >= 11 is 0. The lowest BCUT2D eigenvalue weighted by Crippen LogP contribution is -2.49. The third-order valence-electron chi connectivity index (χ3n) is 3.76. The fraction of sp³-hybridized carbons (Fsp3) is 0.692. The quantitative estimate of drug-likeness (QED) is 0.270. The normalized spacial score (nSPS) is 34.8. The average molecular weight is 391 g/mol. The Labute approximate surface area is 151 Å². The number of hydrogen-bond acceptors (Lipinski definition) is 11. The first-order chi connectivity index (χ1) is 11.8. The highest BCUT2D eigenvalue weighted by molar-refractivity contribution is 8.77. The highest BCUT2D eigenvalue weighted by Gasteiger charge is 2.47. The Morgan fingerprint density at radius 2 is 2.16 bits per heavy atom. The standard InChI is InChI=1S/C13H21N5O5S2/c1-5(2)24-25-13(22)9-10(16-12(14)17-13)18(4-15-9)11-8(21)7(20)6(3-19)23-11/h4-8,11,19-22H,3H2,1-2H3,(H3,14,16,17)/t6-,7-,8-,11-,13?/m1/s1. The van der Waals surface area contributed by atoms with Crippen LogP contribution in [0.25, 0.3) is 0 Å². The molecule has 25 heavy (non-hydrogen) atoms. The van der Waals surface area contributed by atoms with Crippen molar-refractivity contribution >= 4 is 33.4 Å². The molecule has 0 radical (unpaired) electrons. The lowest BCUT2D eigenvalue weighted by atomic mass is 10.1. The zero-order valence-electron chi connectivity index (χ0n) is 13.6. The number of aromatic nitrogens is 2. The molecule has 1 saturated heterocycles. The lowest BCUT2D eigenvalue weighted by Gasteiger charge is -2.31. The summed E-state index contributed by atoms with van der Waals surface area (Å²) in [6, 6.07) is 0. The Hall–Kier alpha value is -1.02. The number of hydrogen-bond donors (Lipinski definition) is 6. The van der Waals surface area contributed by atoms with E-state index in [1.165, 1.54) is 21.7 Å². The molecule has 3 rings (SSSR count). The molecule has 2 aliphatic rings. The van der Waals surface area contributed by atoms with Crippen LogP contribution in [-0.2, 0) is 9.79 Å². The first-order valence-electron chi connectivity index (χ1n) is 7.65. The number of nitrogens with one attached hydrogen (secondary N) is 1. The predicted octanol–water partition coefficient (Wildman–Crippen LogP) is -1.06. The van der Waals surface area contributed by atoms with Gasteiger partial charge in [0.1, 0.15) is 24.0 Å². The average Bonchev–Trinajstić information content (AvgIpc) is 3.08. The molecular formula is C13H21N5O5S2. The summed E-state index contributed by atoms with van der Waals surface area (Å²) in [7, 11) is 2.59. The number of aliphatic imine (C=N–C) groups is 1. The van der Waals surface area contributed by atoms with Crippen molar-refractivity contribution in [2.24, 2.45) is 10.7 Å². The number of guanidine groups is 1. The first-order valence-corrected chi connectivity index (χ1v) is 9.87. The van der Waals surface area contributed by atoms with E-state index in [-0.39, 0.29) is 22.7 Å². The Balaban J connectivity index is 1.95. The predicted molar refractivity (Wildman–Crippen MR) is 93.9 cm³/mol. The van der Waals surface area contributed by atoms with Gasteiger partial charge in [0.2, 0.25) is 5.06 Å². The minimum atomic E-state index is -1.60. The van der Waals surface area contributed by atoms with Crippen LogP contribution in [0.2, 0.25) is 0 Å². The van der Waals surface area contributed by atoms with Gasteiger partial charge in [-0.3, -0.25) is 4.57 Å². The maximum atomic E-state index is 10.9. The molecule has 0 aromatic carbocycles. The number of nitrogens with zero attached hydrogens (tertiary/aromatic N) is 3. The molecule has 1 aromatic rings. The van der Waals surface area contributed by atoms with E-state index in [4.69, 9.17) is 10.5 Å². The van der Waals surface area contributed by atoms with Crippen molar-refractivity contribution in [2.75, 3.05) is 6.61 Å². The fourth-order valence-electron chi connectivity index (χ4n) is 2.60. The molecule has 0 aliphatic carbocycles. The van der Waals surface area contributed by atoms with Gasteiger partial charge >= 0.3 is 0 Å². The van der Waals surface area contributed by atoms with E-state index in [9.17, 15) is 20.4 Å². The molecule has 5 atom stereocenters. The molecule has 1 aromatic heterocycles. The number of aliphatic hydroxyl groups is 4. The number of fused-ring (bicyclic) bond motifs is 1. The molecule has 10 nitrogen and oxygen atoms in total. The van der Waals surface area contributed by atoms with E-state index in [2.05, 4.69) is 15.3 Å². The number of aliphatic hydroxyl groups excluding tert-OH is 3. The lowest BCUT2D eigenvalue weighted by molar-refractivity contribution is -0.0521. The van der Waals surface area contributed by atoms with E-state index in [1.807, 2.05) is 13.8 Å². The van der Waals surface area contributed by atoms with Crippen LogP contribution in [0.1, 0.15) is 25.8 Å². The van der Waals surface area contributed by atoms with E-state index >= 15 is 0 Å². The molecule has 0 saturated carbocycles. The fourth-order valence-corrected chi connectivity index (χ4v) is 4.66. The van der Waals surface area contributed by atoms with Crippen LogP contribution in [0.4, 0.5) is 5.82 Å². The third kappa shape index (κ3) is 3.35. The van der Waals surface area contributed by atoms with Crippen molar-refractivity contribution < 1.29 is 25.2 Å². The first kappa shape index (κ1) is 18.8. The third-order valence-corrected chi connectivity index (χ3v) is 6.95. The van der Waals surface area contributed by atoms with Crippen LogP contribution < -0.4 is 11.1 Å². The molecule has 1 unspecified atom stereocenters. The summed E-state index contributed by atoms with van der Waals surface area (Å²) < 4.78 is 6.88. The van der Waals surface area contributed by atoms with Gasteiger partial charge in [0.25, 0.3) is 0 Å². The van der Waals surface area contributed by atoms with Crippen LogP contribution in [-0.4, -0.2) is 66.1 Å². The monoisotopic (exact) mass is 391 g/mol. The van der Waals surface area contributed by atoms with Crippen LogP contribution >= 0.6 is 21.6 Å². The summed E-state index contributed by atoms with van der Waals surface area (Å²) in [6.07, 6.45) is -3.12. The second kappa shape index (κ2) is 6.95. The molecule has 12 heteroatoms. The minimum absolute atomic E-state index is 0.0136. The second-order valence-electron chi connectivity index (χ2n) is 6.05. The largest absolute Gasteiger partial charge is 0.394 e. The molecular weight excluding hydrogens is 370 g/mol. The van der Waals surface area contributed by atoms with Crippen molar-refractivity contribution in [1.29, 1.82) is 0 Å². The van der Waals surface area contributed by atoms with Gasteiger partial charge in [0, 0.05) is 5.25 Å². The van der Waals surface area contributed by atoms with Gasteiger partial charge in [0.15, 0.2) is 18.0 Å². The van der Waals surface area contributed by atoms with E-state index < -0.39 is 36.2 Å². The van der Waals surface area contributed by atoms with Gasteiger partial charge in [-0.25, -0.2) is 4.98 Å². The van der Waals surface area contributed by atoms with Crippen molar-refractivity contribution in [3.8, 4) is 0 Å². The SMILES string of the molecule is CC(C)SSC1(O)NC(N)=Nc2c1ncn2[C@@H]1O[C@H](CO)[C@@H](O)[C@H]1O. The second-order valence-corrected chi connectivity index (χ2v) is 9.02. The smallest absolute Gasteiger partial charge is 0.245 e. The van der Waals surface area contributed by atoms with Gasteiger partial charge in [-0.05, 0) is 10.8 Å². The highest BCUT2D eigenvalue weighted by Crippen LogP contribution is 2.47. The van der Waals surface area contributed by atoms with Crippen LogP contribution in [0.5, 0.6) is 0 Å². The van der Waals surface area contributed by atoms with Gasteiger partial charge in [-0.1, -0.05) is 24.6 Å². The van der Waals surface area contributed by atoms with E-state index in [1.54, 1.807) is 0 Å². The number of rotatable bonds is 5. The summed E-state index contributed by atoms with van der Waals surface area (Å²) in [4.78, 5) is 8.34. The summed E-state index contributed by atoms with van der Waals surface area (Å²) in [5.41, 5.74) is 6.02.